The van der Waals surface area contributed by atoms with Gasteiger partial charge in [0.05, 0.1) is 21.2 Å². The van der Waals surface area contributed by atoms with Crippen LogP contribution in [-0.2, 0) is 10.0 Å². The van der Waals surface area contributed by atoms with Crippen LogP contribution >= 0.6 is 23.2 Å². The molecule has 0 spiro atoms. The summed E-state index contributed by atoms with van der Waals surface area (Å²) in [5.41, 5.74) is -0.226. The van der Waals surface area contributed by atoms with Gasteiger partial charge in [-0.05, 0) is 50.2 Å². The fourth-order valence-corrected chi connectivity index (χ4v) is 3.80. The van der Waals surface area contributed by atoms with E-state index >= 15 is 0 Å². The number of halogens is 3. The molecule has 0 aliphatic carbocycles. The van der Waals surface area contributed by atoms with E-state index in [9.17, 15) is 17.6 Å². The van der Waals surface area contributed by atoms with E-state index in [2.05, 4.69) is 5.32 Å². The molecule has 0 atom stereocenters. The topological polar surface area (TPSA) is 66.5 Å². The zero-order valence-electron chi connectivity index (χ0n) is 14.3. The van der Waals surface area contributed by atoms with Crippen LogP contribution in [0.2, 0.25) is 10.0 Å². The fraction of sp³-hybridized carbons (Fsp3) is 0.235. The Balaban J connectivity index is 2.41. The molecule has 2 aromatic carbocycles. The monoisotopic (exact) mass is 418 g/mol. The van der Waals surface area contributed by atoms with Gasteiger partial charge < -0.3 is 5.32 Å². The summed E-state index contributed by atoms with van der Waals surface area (Å²) in [5.74, 6) is -1.69. The third-order valence-corrected chi connectivity index (χ3v) is 6.36. The highest BCUT2D eigenvalue weighted by Crippen LogP contribution is 2.27. The third kappa shape index (κ3) is 4.35. The maximum Gasteiger partial charge on any atom is 0.258 e. The summed E-state index contributed by atoms with van der Waals surface area (Å²) in [5, 5.41) is 2.98. The summed E-state index contributed by atoms with van der Waals surface area (Å²) in [6.07, 6.45) is 0. The lowest BCUT2D eigenvalue weighted by Gasteiger charge is -2.21. The van der Waals surface area contributed by atoms with Crippen molar-refractivity contribution in [2.24, 2.45) is 0 Å². The lowest BCUT2D eigenvalue weighted by molar-refractivity contribution is 0.102. The summed E-state index contributed by atoms with van der Waals surface area (Å²) < 4.78 is 40.4. The van der Waals surface area contributed by atoms with Gasteiger partial charge in [-0.15, -0.1) is 0 Å². The highest BCUT2D eigenvalue weighted by atomic mass is 35.5. The molecular formula is C17H17Cl2FN2O3S. The van der Waals surface area contributed by atoms with Gasteiger partial charge in [0, 0.05) is 18.1 Å². The second kappa shape index (κ2) is 7.92. The van der Waals surface area contributed by atoms with Gasteiger partial charge >= 0.3 is 0 Å². The maximum atomic E-state index is 14.1. The zero-order chi connectivity index (χ0) is 19.6. The van der Waals surface area contributed by atoms with Gasteiger partial charge in [-0.2, -0.15) is 4.31 Å². The van der Waals surface area contributed by atoms with Crippen LogP contribution in [0.1, 0.15) is 24.2 Å². The van der Waals surface area contributed by atoms with Crippen molar-refractivity contribution < 1.29 is 17.6 Å². The number of nitrogens with zero attached hydrogens (tertiary/aromatic N) is 1. The van der Waals surface area contributed by atoms with E-state index in [0.717, 1.165) is 22.5 Å². The number of hydrogen-bond donors (Lipinski definition) is 1. The number of nitrogens with one attached hydrogen (secondary N) is 1. The van der Waals surface area contributed by atoms with Crippen LogP contribution < -0.4 is 5.32 Å². The molecule has 140 valence electrons. The largest absolute Gasteiger partial charge is 0.320 e. The first kappa shape index (κ1) is 20.6. The molecule has 0 saturated carbocycles. The molecule has 0 bridgehead atoms. The average Bonchev–Trinajstić information content (AvgIpc) is 2.57. The summed E-state index contributed by atoms with van der Waals surface area (Å²) in [6, 6.07) is 7.18. The van der Waals surface area contributed by atoms with Crippen molar-refractivity contribution in [3.63, 3.8) is 0 Å². The van der Waals surface area contributed by atoms with Crippen LogP contribution in [0.3, 0.4) is 0 Å². The van der Waals surface area contributed by atoms with Crippen LogP contribution in [0.4, 0.5) is 10.1 Å². The Bertz CT molecular complexity index is 949. The highest BCUT2D eigenvalue weighted by molar-refractivity contribution is 7.89. The Morgan fingerprint density at radius 2 is 1.81 bits per heavy atom. The van der Waals surface area contributed by atoms with Crippen molar-refractivity contribution in [2.45, 2.75) is 24.8 Å². The molecule has 1 amide bonds. The standard InChI is InChI=1S/C17H17Cl2FN2O3S/c1-10(2)22(3)26(24,25)12-5-7-15(20)13(9-12)17(23)21-16-8-11(18)4-6-14(16)19/h4-10H,1-3H3,(H,21,23). The molecular weight excluding hydrogens is 402 g/mol. The molecule has 5 nitrogen and oxygen atoms in total. The van der Waals surface area contributed by atoms with Crippen molar-refractivity contribution in [3.8, 4) is 0 Å². The SMILES string of the molecule is CC(C)N(C)S(=O)(=O)c1ccc(F)c(C(=O)Nc2cc(Cl)ccc2Cl)c1. The summed E-state index contributed by atoms with van der Waals surface area (Å²) in [7, 11) is -2.45. The predicted molar refractivity (Wildman–Crippen MR) is 101 cm³/mol. The van der Waals surface area contributed by atoms with Crippen molar-refractivity contribution in [1.29, 1.82) is 0 Å². The maximum absolute atomic E-state index is 14.1. The van der Waals surface area contributed by atoms with Crippen molar-refractivity contribution in [2.75, 3.05) is 12.4 Å². The number of rotatable bonds is 5. The molecule has 0 fully saturated rings. The molecule has 1 N–H and O–H groups in total. The normalized spacial score (nSPS) is 11.8. The minimum Gasteiger partial charge on any atom is -0.320 e. The molecule has 0 radical (unpaired) electrons. The van der Waals surface area contributed by atoms with Crippen molar-refractivity contribution in [3.05, 3.63) is 57.8 Å². The number of anilines is 1. The van der Waals surface area contributed by atoms with Gasteiger partial charge in [0.25, 0.3) is 5.91 Å². The molecule has 2 rings (SSSR count). The van der Waals surface area contributed by atoms with Crippen LogP contribution in [0.5, 0.6) is 0 Å². The smallest absolute Gasteiger partial charge is 0.258 e. The Hall–Kier alpha value is -1.67. The molecule has 0 aliphatic rings. The second-order valence-corrected chi connectivity index (χ2v) is 8.68. The molecule has 0 heterocycles. The lowest BCUT2D eigenvalue weighted by atomic mass is 10.2. The van der Waals surface area contributed by atoms with Crippen molar-refractivity contribution in [1.82, 2.24) is 4.31 Å². The van der Waals surface area contributed by atoms with E-state index in [0.29, 0.717) is 5.02 Å². The van der Waals surface area contributed by atoms with Crippen LogP contribution in [0.25, 0.3) is 0 Å². The van der Waals surface area contributed by atoms with E-state index in [1.807, 2.05) is 0 Å². The number of hydrogen-bond acceptors (Lipinski definition) is 3. The number of carbonyl (C=O) groups excluding carboxylic acids is 1. The second-order valence-electron chi connectivity index (χ2n) is 5.83. The third-order valence-electron chi connectivity index (χ3n) is 3.76. The Labute approximate surface area is 161 Å². The first-order valence-electron chi connectivity index (χ1n) is 7.58. The highest BCUT2D eigenvalue weighted by Gasteiger charge is 2.25. The number of carbonyl (C=O) groups is 1. The molecule has 9 heteroatoms. The van der Waals surface area contributed by atoms with Gasteiger partial charge in [0.2, 0.25) is 10.0 Å². The minimum absolute atomic E-state index is 0.183. The quantitative estimate of drug-likeness (QED) is 0.781. The number of benzene rings is 2. The Kier molecular flexibility index (Phi) is 6.29. The molecule has 0 unspecified atom stereocenters. The van der Waals surface area contributed by atoms with Crippen molar-refractivity contribution >= 4 is 44.8 Å². The van der Waals surface area contributed by atoms with Crippen LogP contribution in [0, 0.1) is 5.82 Å². The lowest BCUT2D eigenvalue weighted by Crippen LogP contribution is -2.33. The van der Waals surface area contributed by atoms with Gasteiger partial charge in [0.1, 0.15) is 5.82 Å². The summed E-state index contributed by atoms with van der Waals surface area (Å²) in [4.78, 5) is 12.2. The Morgan fingerprint density at radius 1 is 1.15 bits per heavy atom. The van der Waals surface area contributed by atoms with Crippen LogP contribution in [0.15, 0.2) is 41.3 Å². The van der Waals surface area contributed by atoms with Gasteiger partial charge in [-0.3, -0.25) is 4.79 Å². The number of amides is 1. The molecule has 0 aliphatic heterocycles. The van der Waals surface area contributed by atoms with Gasteiger partial charge in [-0.1, -0.05) is 23.2 Å². The minimum atomic E-state index is -3.86. The molecule has 0 aromatic heterocycles. The van der Waals surface area contributed by atoms with Gasteiger partial charge in [0.15, 0.2) is 0 Å². The van der Waals surface area contributed by atoms with E-state index in [-0.39, 0.29) is 21.6 Å². The molecule has 2 aromatic rings. The molecule has 0 saturated heterocycles. The summed E-state index contributed by atoms with van der Waals surface area (Å²) in [6.45, 7) is 3.41. The number of sulfonamides is 1. The fourth-order valence-electron chi connectivity index (χ4n) is 2.07. The van der Waals surface area contributed by atoms with E-state index in [1.54, 1.807) is 13.8 Å². The van der Waals surface area contributed by atoms with Gasteiger partial charge in [-0.25, -0.2) is 12.8 Å². The zero-order valence-corrected chi connectivity index (χ0v) is 16.6. The first-order valence-corrected chi connectivity index (χ1v) is 9.77. The average molecular weight is 419 g/mol. The summed E-state index contributed by atoms with van der Waals surface area (Å²) >= 11 is 11.8. The van der Waals surface area contributed by atoms with E-state index in [4.69, 9.17) is 23.2 Å². The molecule has 26 heavy (non-hydrogen) atoms. The van der Waals surface area contributed by atoms with E-state index in [1.165, 1.54) is 25.2 Å². The first-order chi connectivity index (χ1) is 12.0. The van der Waals surface area contributed by atoms with E-state index < -0.39 is 27.3 Å². The Morgan fingerprint density at radius 3 is 2.42 bits per heavy atom. The van der Waals surface area contributed by atoms with Crippen LogP contribution in [-0.4, -0.2) is 31.7 Å². The predicted octanol–water partition coefficient (Wildman–Crippen LogP) is 4.41.